The summed E-state index contributed by atoms with van der Waals surface area (Å²) in [6, 6.07) is 10.5. The number of likely N-dealkylation sites (tertiary alicyclic amines) is 1. The van der Waals surface area contributed by atoms with Gasteiger partial charge in [-0.3, -0.25) is 9.69 Å². The summed E-state index contributed by atoms with van der Waals surface area (Å²) in [5.41, 5.74) is -0.198. The fourth-order valence-corrected chi connectivity index (χ4v) is 3.98. The van der Waals surface area contributed by atoms with Crippen LogP contribution in [-0.2, 0) is 33.8 Å². The van der Waals surface area contributed by atoms with Gasteiger partial charge in [0.1, 0.15) is 23.9 Å². The number of benzene rings is 1. The number of piperidine rings is 1. The van der Waals surface area contributed by atoms with Crippen LogP contribution in [0.4, 0.5) is 4.39 Å². The number of furan rings is 1. The van der Waals surface area contributed by atoms with Crippen molar-refractivity contribution < 1.29 is 23.1 Å². The van der Waals surface area contributed by atoms with E-state index in [1.807, 2.05) is 12.1 Å². The Balaban J connectivity index is 1.78. The number of halogens is 1. The van der Waals surface area contributed by atoms with Crippen molar-refractivity contribution in [2.45, 2.75) is 39.3 Å². The highest BCUT2D eigenvalue weighted by Gasteiger charge is 2.44. The maximum atomic E-state index is 14.3. The van der Waals surface area contributed by atoms with E-state index < -0.39 is 5.41 Å². The molecule has 5 nitrogen and oxygen atoms in total. The van der Waals surface area contributed by atoms with Crippen molar-refractivity contribution in [3.8, 4) is 0 Å². The molecule has 6 heteroatoms. The summed E-state index contributed by atoms with van der Waals surface area (Å²) < 4.78 is 30.6. The predicted molar refractivity (Wildman–Crippen MR) is 103 cm³/mol. The molecule has 2 aromatic rings. The SMILES string of the molecule is CCOC(=O)[C@]1(Cc2ccccc2F)CCCN(Cc2ccc(COC)o2)C1. The van der Waals surface area contributed by atoms with E-state index in [1.54, 1.807) is 32.2 Å². The van der Waals surface area contributed by atoms with Crippen molar-refractivity contribution in [3.63, 3.8) is 0 Å². The van der Waals surface area contributed by atoms with Gasteiger partial charge in [-0.1, -0.05) is 18.2 Å². The summed E-state index contributed by atoms with van der Waals surface area (Å²) in [6.07, 6.45) is 1.87. The van der Waals surface area contributed by atoms with E-state index in [2.05, 4.69) is 4.90 Å². The van der Waals surface area contributed by atoms with E-state index in [1.165, 1.54) is 6.07 Å². The lowest BCUT2D eigenvalue weighted by atomic mass is 9.75. The van der Waals surface area contributed by atoms with Crippen molar-refractivity contribution in [2.75, 3.05) is 26.8 Å². The van der Waals surface area contributed by atoms with Crippen LogP contribution in [0.25, 0.3) is 0 Å². The molecule has 1 saturated heterocycles. The van der Waals surface area contributed by atoms with Gasteiger partial charge in [-0.15, -0.1) is 0 Å². The zero-order valence-electron chi connectivity index (χ0n) is 16.6. The molecule has 152 valence electrons. The first-order chi connectivity index (χ1) is 13.6. The lowest BCUT2D eigenvalue weighted by molar-refractivity contribution is -0.159. The van der Waals surface area contributed by atoms with Gasteiger partial charge in [0, 0.05) is 13.7 Å². The van der Waals surface area contributed by atoms with Gasteiger partial charge in [-0.05, 0) is 56.5 Å². The zero-order valence-corrected chi connectivity index (χ0v) is 16.6. The fourth-order valence-electron chi connectivity index (χ4n) is 3.98. The smallest absolute Gasteiger partial charge is 0.313 e. The molecule has 1 aromatic carbocycles. The Labute approximate surface area is 165 Å². The number of methoxy groups -OCH3 is 1. The third kappa shape index (κ3) is 4.80. The summed E-state index contributed by atoms with van der Waals surface area (Å²) in [4.78, 5) is 15.1. The van der Waals surface area contributed by atoms with E-state index in [9.17, 15) is 9.18 Å². The van der Waals surface area contributed by atoms with Gasteiger partial charge in [0.25, 0.3) is 0 Å². The number of hydrogen-bond acceptors (Lipinski definition) is 5. The minimum atomic E-state index is -0.752. The number of hydrogen-bond donors (Lipinski definition) is 0. The molecule has 0 amide bonds. The second-order valence-electron chi connectivity index (χ2n) is 7.38. The van der Waals surface area contributed by atoms with Crippen LogP contribution in [0.2, 0.25) is 0 Å². The summed E-state index contributed by atoms with van der Waals surface area (Å²) >= 11 is 0. The van der Waals surface area contributed by atoms with Crippen LogP contribution in [0, 0.1) is 11.2 Å². The first kappa shape index (κ1) is 20.6. The Morgan fingerprint density at radius 3 is 2.79 bits per heavy atom. The van der Waals surface area contributed by atoms with Gasteiger partial charge in [0.05, 0.1) is 18.6 Å². The Kier molecular flexibility index (Phi) is 6.86. The largest absolute Gasteiger partial charge is 0.466 e. The highest BCUT2D eigenvalue weighted by Crippen LogP contribution is 2.36. The molecule has 1 aromatic heterocycles. The van der Waals surface area contributed by atoms with Crippen molar-refractivity contribution in [1.82, 2.24) is 4.90 Å². The zero-order chi connectivity index (χ0) is 20.0. The van der Waals surface area contributed by atoms with Crippen LogP contribution < -0.4 is 0 Å². The summed E-state index contributed by atoms with van der Waals surface area (Å²) in [7, 11) is 1.63. The first-order valence-electron chi connectivity index (χ1n) is 9.76. The molecule has 2 heterocycles. The van der Waals surface area contributed by atoms with Crippen molar-refractivity contribution in [1.29, 1.82) is 0 Å². The van der Waals surface area contributed by atoms with E-state index in [0.29, 0.717) is 44.7 Å². The molecule has 0 bridgehead atoms. The number of ether oxygens (including phenoxy) is 2. The Bertz CT molecular complexity index is 790. The summed E-state index contributed by atoms with van der Waals surface area (Å²) in [5.74, 6) is 1.08. The molecule has 0 unspecified atom stereocenters. The van der Waals surface area contributed by atoms with Gasteiger partial charge in [-0.25, -0.2) is 4.39 Å². The number of esters is 1. The highest BCUT2D eigenvalue weighted by atomic mass is 19.1. The van der Waals surface area contributed by atoms with E-state index in [4.69, 9.17) is 13.9 Å². The molecule has 1 aliphatic heterocycles. The second kappa shape index (κ2) is 9.34. The molecule has 3 rings (SSSR count). The third-order valence-electron chi connectivity index (χ3n) is 5.23. The monoisotopic (exact) mass is 389 g/mol. The minimum absolute atomic E-state index is 0.248. The maximum Gasteiger partial charge on any atom is 0.313 e. The van der Waals surface area contributed by atoms with Gasteiger partial charge < -0.3 is 13.9 Å². The maximum absolute atomic E-state index is 14.3. The van der Waals surface area contributed by atoms with Crippen LogP contribution >= 0.6 is 0 Å². The molecule has 0 radical (unpaired) electrons. The Hall–Kier alpha value is -2.18. The molecule has 1 fully saturated rings. The number of carbonyl (C=O) groups is 1. The predicted octanol–water partition coefficient (Wildman–Crippen LogP) is 3.95. The first-order valence-corrected chi connectivity index (χ1v) is 9.76. The molecule has 0 aliphatic carbocycles. The van der Waals surface area contributed by atoms with Crippen LogP contribution in [0.5, 0.6) is 0 Å². The minimum Gasteiger partial charge on any atom is -0.466 e. The number of rotatable bonds is 8. The third-order valence-corrected chi connectivity index (χ3v) is 5.23. The Morgan fingerprint density at radius 2 is 2.04 bits per heavy atom. The van der Waals surface area contributed by atoms with Crippen LogP contribution in [0.15, 0.2) is 40.8 Å². The average Bonchev–Trinajstić information content (AvgIpc) is 3.11. The van der Waals surface area contributed by atoms with Gasteiger partial charge in [0.2, 0.25) is 0 Å². The van der Waals surface area contributed by atoms with Crippen LogP contribution in [0.1, 0.15) is 36.8 Å². The molecule has 0 saturated carbocycles. The van der Waals surface area contributed by atoms with Gasteiger partial charge in [0.15, 0.2) is 0 Å². The van der Waals surface area contributed by atoms with E-state index in [-0.39, 0.29) is 11.8 Å². The van der Waals surface area contributed by atoms with Crippen molar-refractivity contribution in [3.05, 3.63) is 59.3 Å². The topological polar surface area (TPSA) is 51.9 Å². The standard InChI is InChI=1S/C22H28FNO4/c1-3-27-21(25)22(13-17-7-4-5-8-20(17)23)11-6-12-24(16-22)14-18-9-10-19(28-18)15-26-2/h4-5,7-10H,3,6,11-16H2,1-2H3/t22-/m0/s1. The number of nitrogens with zero attached hydrogens (tertiary/aromatic N) is 1. The quantitative estimate of drug-likeness (QED) is 0.640. The molecular weight excluding hydrogens is 361 g/mol. The molecule has 0 N–H and O–H groups in total. The van der Waals surface area contributed by atoms with Crippen molar-refractivity contribution in [2.24, 2.45) is 5.41 Å². The normalized spacial score (nSPS) is 20.2. The second-order valence-corrected chi connectivity index (χ2v) is 7.38. The van der Waals surface area contributed by atoms with Crippen LogP contribution in [0.3, 0.4) is 0 Å². The van der Waals surface area contributed by atoms with E-state index in [0.717, 1.165) is 24.5 Å². The number of carbonyl (C=O) groups excluding carboxylic acids is 1. The molecule has 1 aliphatic rings. The lowest BCUT2D eigenvalue weighted by Gasteiger charge is -2.40. The average molecular weight is 389 g/mol. The van der Waals surface area contributed by atoms with Gasteiger partial charge >= 0.3 is 5.97 Å². The molecule has 28 heavy (non-hydrogen) atoms. The molecular formula is C22H28FNO4. The highest BCUT2D eigenvalue weighted by molar-refractivity contribution is 5.77. The molecule has 1 atom stereocenters. The summed E-state index contributed by atoms with van der Waals surface area (Å²) in [5, 5.41) is 0. The van der Waals surface area contributed by atoms with Crippen LogP contribution in [-0.4, -0.2) is 37.7 Å². The summed E-state index contributed by atoms with van der Waals surface area (Å²) in [6.45, 7) is 4.52. The Morgan fingerprint density at radius 1 is 1.25 bits per heavy atom. The van der Waals surface area contributed by atoms with Gasteiger partial charge in [-0.2, -0.15) is 0 Å². The molecule has 0 spiro atoms. The van der Waals surface area contributed by atoms with E-state index >= 15 is 0 Å². The van der Waals surface area contributed by atoms with Crippen molar-refractivity contribution >= 4 is 5.97 Å². The lowest BCUT2D eigenvalue weighted by Crippen LogP contribution is -2.49. The fraction of sp³-hybridized carbons (Fsp3) is 0.500.